The number of carbonyl (C=O) groups excluding carboxylic acids is 1. The van der Waals surface area contributed by atoms with Crippen molar-refractivity contribution in [3.05, 3.63) is 48.6 Å². The van der Waals surface area contributed by atoms with E-state index in [-0.39, 0.29) is 19.1 Å². The second-order valence-corrected chi connectivity index (χ2v) is 4.62. The van der Waals surface area contributed by atoms with Gasteiger partial charge in [0.05, 0.1) is 13.2 Å². The van der Waals surface area contributed by atoms with E-state index in [4.69, 9.17) is 9.84 Å². The maximum Gasteiger partial charge on any atom is 0.328 e. The number of carboxylic acid groups (broad SMARTS) is 1. The summed E-state index contributed by atoms with van der Waals surface area (Å²) in [7, 11) is 0. The average molecular weight is 291 g/mol. The fourth-order valence-electron chi connectivity index (χ4n) is 1.81. The summed E-state index contributed by atoms with van der Waals surface area (Å²) >= 11 is 0. The van der Waals surface area contributed by atoms with E-state index in [1.165, 1.54) is 6.08 Å². The maximum atomic E-state index is 11.7. The van der Waals surface area contributed by atoms with Gasteiger partial charge in [-0.1, -0.05) is 36.4 Å². The van der Waals surface area contributed by atoms with E-state index in [9.17, 15) is 9.59 Å². The van der Waals surface area contributed by atoms with Gasteiger partial charge in [0.25, 0.3) is 0 Å². The second kappa shape index (κ2) is 9.72. The summed E-state index contributed by atoms with van der Waals surface area (Å²) in [6.45, 7) is 3.67. The molecule has 1 amide bonds. The van der Waals surface area contributed by atoms with Crippen molar-refractivity contribution in [2.45, 2.75) is 25.3 Å². The molecule has 1 rings (SSSR count). The minimum atomic E-state index is -1.10. The SMILES string of the molecule is C=CCOCC(NC(=O)CCCc1ccccc1)C(=O)O. The minimum Gasteiger partial charge on any atom is -0.480 e. The molecule has 0 fully saturated rings. The van der Waals surface area contributed by atoms with E-state index in [0.717, 1.165) is 12.0 Å². The molecular weight excluding hydrogens is 270 g/mol. The number of rotatable bonds is 10. The van der Waals surface area contributed by atoms with Crippen LogP contribution in [-0.4, -0.2) is 36.2 Å². The molecule has 0 saturated carbocycles. The van der Waals surface area contributed by atoms with Gasteiger partial charge < -0.3 is 15.2 Å². The third-order valence-corrected chi connectivity index (χ3v) is 2.87. The number of carbonyl (C=O) groups is 2. The molecule has 114 valence electrons. The third kappa shape index (κ3) is 7.27. The van der Waals surface area contributed by atoms with Crippen LogP contribution in [0, 0.1) is 0 Å². The van der Waals surface area contributed by atoms with Crippen LogP contribution in [0.3, 0.4) is 0 Å². The first kappa shape index (κ1) is 16.9. The van der Waals surface area contributed by atoms with Gasteiger partial charge in [0, 0.05) is 6.42 Å². The van der Waals surface area contributed by atoms with Crippen molar-refractivity contribution in [1.82, 2.24) is 5.32 Å². The van der Waals surface area contributed by atoms with Crippen LogP contribution in [0.25, 0.3) is 0 Å². The first-order valence-corrected chi connectivity index (χ1v) is 6.88. The van der Waals surface area contributed by atoms with Crippen LogP contribution in [0.5, 0.6) is 0 Å². The Morgan fingerprint density at radius 3 is 2.67 bits per heavy atom. The zero-order chi connectivity index (χ0) is 15.5. The number of hydrogen-bond donors (Lipinski definition) is 2. The van der Waals surface area contributed by atoms with E-state index < -0.39 is 12.0 Å². The van der Waals surface area contributed by atoms with E-state index in [1.54, 1.807) is 0 Å². The molecule has 0 aromatic heterocycles. The lowest BCUT2D eigenvalue weighted by atomic mass is 10.1. The smallest absolute Gasteiger partial charge is 0.328 e. The second-order valence-electron chi connectivity index (χ2n) is 4.62. The quantitative estimate of drug-likeness (QED) is 0.509. The number of hydrogen-bond acceptors (Lipinski definition) is 3. The van der Waals surface area contributed by atoms with Gasteiger partial charge in [-0.3, -0.25) is 4.79 Å². The summed E-state index contributed by atoms with van der Waals surface area (Å²) < 4.78 is 5.07. The van der Waals surface area contributed by atoms with Crippen molar-refractivity contribution in [2.75, 3.05) is 13.2 Å². The average Bonchev–Trinajstić information content (AvgIpc) is 2.47. The Hall–Kier alpha value is -2.14. The van der Waals surface area contributed by atoms with E-state index in [1.807, 2.05) is 30.3 Å². The fraction of sp³-hybridized carbons (Fsp3) is 0.375. The Bertz CT molecular complexity index is 459. The lowest BCUT2D eigenvalue weighted by molar-refractivity contribution is -0.143. The normalized spacial score (nSPS) is 11.6. The Kier molecular flexibility index (Phi) is 7.82. The number of nitrogens with one attached hydrogen (secondary N) is 1. The van der Waals surface area contributed by atoms with Crippen molar-refractivity contribution in [2.24, 2.45) is 0 Å². The number of carboxylic acids is 1. The van der Waals surface area contributed by atoms with Gasteiger partial charge in [-0.25, -0.2) is 4.79 Å². The molecule has 0 bridgehead atoms. The molecule has 2 N–H and O–H groups in total. The molecule has 1 atom stereocenters. The maximum absolute atomic E-state index is 11.7. The molecule has 1 aromatic carbocycles. The zero-order valence-corrected chi connectivity index (χ0v) is 12.0. The van der Waals surface area contributed by atoms with Gasteiger partial charge in [0.1, 0.15) is 0 Å². The van der Waals surface area contributed by atoms with E-state index in [2.05, 4.69) is 11.9 Å². The highest BCUT2D eigenvalue weighted by Gasteiger charge is 2.19. The molecule has 0 aliphatic carbocycles. The van der Waals surface area contributed by atoms with Crippen LogP contribution >= 0.6 is 0 Å². The highest BCUT2D eigenvalue weighted by atomic mass is 16.5. The fourth-order valence-corrected chi connectivity index (χ4v) is 1.81. The molecule has 0 heterocycles. The predicted molar refractivity (Wildman–Crippen MR) is 80.0 cm³/mol. The molecule has 5 nitrogen and oxygen atoms in total. The summed E-state index contributed by atoms with van der Waals surface area (Å²) in [5, 5.41) is 11.5. The van der Waals surface area contributed by atoms with E-state index in [0.29, 0.717) is 12.8 Å². The Labute approximate surface area is 124 Å². The summed E-state index contributed by atoms with van der Waals surface area (Å²) in [5.74, 6) is -1.38. The van der Waals surface area contributed by atoms with Crippen LogP contribution in [0.15, 0.2) is 43.0 Å². The van der Waals surface area contributed by atoms with Crippen molar-refractivity contribution in [3.63, 3.8) is 0 Å². The van der Waals surface area contributed by atoms with Crippen molar-refractivity contribution in [3.8, 4) is 0 Å². The summed E-state index contributed by atoms with van der Waals surface area (Å²) in [6, 6.07) is 8.83. The molecule has 1 aromatic rings. The number of aliphatic carboxylic acids is 1. The topological polar surface area (TPSA) is 75.6 Å². The number of amides is 1. The van der Waals surface area contributed by atoms with Gasteiger partial charge in [0.15, 0.2) is 6.04 Å². The van der Waals surface area contributed by atoms with Gasteiger partial charge in [-0.2, -0.15) is 0 Å². The van der Waals surface area contributed by atoms with Crippen LogP contribution in [0.4, 0.5) is 0 Å². The zero-order valence-electron chi connectivity index (χ0n) is 12.0. The van der Waals surface area contributed by atoms with Gasteiger partial charge in [-0.05, 0) is 18.4 Å². The van der Waals surface area contributed by atoms with Crippen LogP contribution in [0.1, 0.15) is 18.4 Å². The van der Waals surface area contributed by atoms with Gasteiger partial charge in [0.2, 0.25) is 5.91 Å². The summed E-state index contributed by atoms with van der Waals surface area (Å²) in [6.07, 6.45) is 3.29. The predicted octanol–water partition coefficient (Wildman–Crippen LogP) is 1.78. The minimum absolute atomic E-state index is 0.0637. The highest BCUT2D eigenvalue weighted by Crippen LogP contribution is 2.04. The van der Waals surface area contributed by atoms with Crippen LogP contribution in [0.2, 0.25) is 0 Å². The molecule has 21 heavy (non-hydrogen) atoms. The molecule has 5 heteroatoms. The van der Waals surface area contributed by atoms with Crippen LogP contribution < -0.4 is 5.32 Å². The first-order chi connectivity index (χ1) is 10.1. The monoisotopic (exact) mass is 291 g/mol. The molecule has 0 aliphatic rings. The standard InChI is InChI=1S/C16H21NO4/c1-2-11-21-12-14(16(19)20)17-15(18)10-6-9-13-7-4-3-5-8-13/h2-5,7-8,14H,1,6,9-12H2,(H,17,18)(H,19,20). The Morgan fingerprint density at radius 2 is 2.05 bits per heavy atom. The Morgan fingerprint density at radius 1 is 1.33 bits per heavy atom. The molecule has 0 spiro atoms. The molecule has 0 aliphatic heterocycles. The molecule has 1 unspecified atom stereocenters. The highest BCUT2D eigenvalue weighted by molar-refractivity contribution is 5.83. The molecular formula is C16H21NO4. The summed E-state index contributed by atoms with van der Waals surface area (Å²) in [5.41, 5.74) is 1.16. The van der Waals surface area contributed by atoms with E-state index >= 15 is 0 Å². The summed E-state index contributed by atoms with van der Waals surface area (Å²) in [4.78, 5) is 22.7. The lowest BCUT2D eigenvalue weighted by Gasteiger charge is -2.14. The molecule has 0 radical (unpaired) electrons. The van der Waals surface area contributed by atoms with Crippen molar-refractivity contribution in [1.29, 1.82) is 0 Å². The van der Waals surface area contributed by atoms with Crippen LogP contribution in [-0.2, 0) is 20.7 Å². The number of aryl methyl sites for hydroxylation is 1. The third-order valence-electron chi connectivity index (χ3n) is 2.87. The molecule has 0 saturated heterocycles. The van der Waals surface area contributed by atoms with Crippen molar-refractivity contribution >= 4 is 11.9 Å². The van der Waals surface area contributed by atoms with Gasteiger partial charge >= 0.3 is 5.97 Å². The largest absolute Gasteiger partial charge is 0.480 e. The Balaban J connectivity index is 2.29. The van der Waals surface area contributed by atoms with Crippen molar-refractivity contribution < 1.29 is 19.4 Å². The number of benzene rings is 1. The first-order valence-electron chi connectivity index (χ1n) is 6.88. The van der Waals surface area contributed by atoms with Gasteiger partial charge in [-0.15, -0.1) is 6.58 Å². The lowest BCUT2D eigenvalue weighted by Crippen LogP contribution is -2.44. The number of ether oxygens (including phenoxy) is 1.